The average Bonchev–Trinajstić information content (AvgIpc) is 3.14. The van der Waals surface area contributed by atoms with Crippen LogP contribution in [0.1, 0.15) is 26.2 Å². The lowest BCUT2D eigenvalue weighted by Crippen LogP contribution is -2.35. The number of likely N-dealkylation sites (tertiary alicyclic amines) is 1. The number of hydrogen-bond acceptors (Lipinski definition) is 3. The maximum Gasteiger partial charge on any atom is 0.278 e. The van der Waals surface area contributed by atoms with Gasteiger partial charge in [-0.05, 0) is 25.3 Å². The van der Waals surface area contributed by atoms with E-state index in [0.29, 0.717) is 18.2 Å². The molecule has 5 nitrogen and oxygen atoms in total. The Balaban J connectivity index is 1.78. The SMILES string of the molecule is CC[C@H]1CCCN1Cn1cnc2c([nH]c3ccccc32)c1=O. The van der Waals surface area contributed by atoms with E-state index in [9.17, 15) is 4.79 Å². The summed E-state index contributed by atoms with van der Waals surface area (Å²) >= 11 is 0. The van der Waals surface area contributed by atoms with E-state index in [0.717, 1.165) is 29.4 Å². The fourth-order valence-electron chi connectivity index (χ4n) is 3.58. The largest absolute Gasteiger partial charge is 0.349 e. The summed E-state index contributed by atoms with van der Waals surface area (Å²) in [6.45, 7) is 3.91. The molecule has 3 aromatic rings. The van der Waals surface area contributed by atoms with Gasteiger partial charge in [-0.1, -0.05) is 25.1 Å². The van der Waals surface area contributed by atoms with Crippen LogP contribution in [0.3, 0.4) is 0 Å². The number of aromatic nitrogens is 3. The first-order valence-electron chi connectivity index (χ1n) is 7.98. The van der Waals surface area contributed by atoms with Crippen molar-refractivity contribution in [3.63, 3.8) is 0 Å². The van der Waals surface area contributed by atoms with Crippen LogP contribution in [0.25, 0.3) is 21.9 Å². The van der Waals surface area contributed by atoms with Crippen molar-refractivity contribution in [2.45, 2.75) is 38.9 Å². The van der Waals surface area contributed by atoms with E-state index in [1.165, 1.54) is 12.8 Å². The van der Waals surface area contributed by atoms with Crippen molar-refractivity contribution in [2.24, 2.45) is 0 Å². The van der Waals surface area contributed by atoms with E-state index in [-0.39, 0.29) is 5.56 Å². The fraction of sp³-hybridized carbons (Fsp3) is 0.412. The van der Waals surface area contributed by atoms with Crippen molar-refractivity contribution < 1.29 is 0 Å². The van der Waals surface area contributed by atoms with Crippen LogP contribution in [0.5, 0.6) is 0 Å². The van der Waals surface area contributed by atoms with Gasteiger partial charge in [0.05, 0.1) is 13.0 Å². The molecule has 1 fully saturated rings. The fourth-order valence-corrected chi connectivity index (χ4v) is 3.58. The molecule has 2 aromatic heterocycles. The Bertz CT molecular complexity index is 879. The zero-order valence-electron chi connectivity index (χ0n) is 12.7. The molecule has 1 N–H and O–H groups in total. The van der Waals surface area contributed by atoms with Crippen molar-refractivity contribution in [1.29, 1.82) is 0 Å². The van der Waals surface area contributed by atoms with Crippen LogP contribution in [0.4, 0.5) is 0 Å². The number of fused-ring (bicyclic) bond motifs is 3. The summed E-state index contributed by atoms with van der Waals surface area (Å²) in [4.78, 5) is 22.9. The van der Waals surface area contributed by atoms with Gasteiger partial charge in [0.25, 0.3) is 5.56 Å². The van der Waals surface area contributed by atoms with E-state index in [4.69, 9.17) is 0 Å². The Morgan fingerprint density at radius 3 is 3.09 bits per heavy atom. The molecule has 0 saturated carbocycles. The number of benzene rings is 1. The Hall–Kier alpha value is -2.14. The van der Waals surface area contributed by atoms with Crippen LogP contribution in [0, 0.1) is 0 Å². The van der Waals surface area contributed by atoms with Crippen molar-refractivity contribution >= 4 is 21.9 Å². The number of nitrogens with zero attached hydrogens (tertiary/aromatic N) is 3. The van der Waals surface area contributed by atoms with Gasteiger partial charge < -0.3 is 4.98 Å². The predicted molar refractivity (Wildman–Crippen MR) is 87.9 cm³/mol. The van der Waals surface area contributed by atoms with Crippen LogP contribution in [-0.2, 0) is 6.67 Å². The third kappa shape index (κ3) is 2.04. The van der Waals surface area contributed by atoms with Gasteiger partial charge in [-0.2, -0.15) is 0 Å². The summed E-state index contributed by atoms with van der Waals surface area (Å²) < 4.78 is 1.73. The summed E-state index contributed by atoms with van der Waals surface area (Å²) in [7, 11) is 0. The maximum absolute atomic E-state index is 12.7. The van der Waals surface area contributed by atoms with E-state index >= 15 is 0 Å². The molecule has 114 valence electrons. The number of nitrogens with one attached hydrogen (secondary N) is 1. The van der Waals surface area contributed by atoms with E-state index in [1.54, 1.807) is 10.9 Å². The summed E-state index contributed by atoms with van der Waals surface area (Å²) in [5.74, 6) is 0. The first kappa shape index (κ1) is 13.5. The highest BCUT2D eigenvalue weighted by molar-refractivity contribution is 6.04. The Morgan fingerprint density at radius 1 is 1.36 bits per heavy atom. The average molecular weight is 296 g/mol. The molecule has 0 radical (unpaired) electrons. The Morgan fingerprint density at radius 2 is 2.23 bits per heavy atom. The highest BCUT2D eigenvalue weighted by Crippen LogP contribution is 2.22. The zero-order valence-corrected chi connectivity index (χ0v) is 12.7. The quantitative estimate of drug-likeness (QED) is 0.808. The lowest BCUT2D eigenvalue weighted by atomic mass is 10.2. The molecule has 5 heteroatoms. The third-order valence-electron chi connectivity index (χ3n) is 4.78. The van der Waals surface area contributed by atoms with Crippen molar-refractivity contribution in [1.82, 2.24) is 19.4 Å². The van der Waals surface area contributed by atoms with Gasteiger partial charge in [-0.15, -0.1) is 0 Å². The van der Waals surface area contributed by atoms with Crippen LogP contribution in [0.15, 0.2) is 35.4 Å². The molecule has 1 saturated heterocycles. The van der Waals surface area contributed by atoms with Gasteiger partial charge >= 0.3 is 0 Å². The predicted octanol–water partition coefficient (Wildman–Crippen LogP) is 2.71. The minimum atomic E-state index is 0.0166. The van der Waals surface area contributed by atoms with Crippen molar-refractivity contribution in [3.05, 3.63) is 40.9 Å². The molecular formula is C17H20N4O. The molecule has 0 unspecified atom stereocenters. The summed E-state index contributed by atoms with van der Waals surface area (Å²) in [5.41, 5.74) is 2.36. The summed E-state index contributed by atoms with van der Waals surface area (Å²) in [5, 5.41) is 1.01. The van der Waals surface area contributed by atoms with Crippen LogP contribution >= 0.6 is 0 Å². The highest BCUT2D eigenvalue weighted by Gasteiger charge is 2.23. The molecule has 1 aliphatic heterocycles. The topological polar surface area (TPSA) is 53.9 Å². The second-order valence-corrected chi connectivity index (χ2v) is 6.07. The molecule has 1 aromatic carbocycles. The number of aromatic amines is 1. The number of H-pyrrole nitrogens is 1. The zero-order chi connectivity index (χ0) is 15.1. The van der Waals surface area contributed by atoms with Crippen LogP contribution in [-0.4, -0.2) is 32.0 Å². The smallest absolute Gasteiger partial charge is 0.278 e. The van der Waals surface area contributed by atoms with Gasteiger partial charge in [-0.3, -0.25) is 14.3 Å². The van der Waals surface area contributed by atoms with Gasteiger partial charge in [-0.25, -0.2) is 4.98 Å². The normalized spacial score (nSPS) is 19.4. The molecule has 1 aliphatic rings. The molecule has 0 bridgehead atoms. The number of para-hydroxylation sites is 1. The highest BCUT2D eigenvalue weighted by atomic mass is 16.1. The van der Waals surface area contributed by atoms with Gasteiger partial charge in [0, 0.05) is 23.5 Å². The monoisotopic (exact) mass is 296 g/mol. The first-order valence-corrected chi connectivity index (χ1v) is 7.98. The van der Waals surface area contributed by atoms with Crippen LogP contribution in [0.2, 0.25) is 0 Å². The Kier molecular flexibility index (Phi) is 3.22. The molecule has 4 rings (SSSR count). The second-order valence-electron chi connectivity index (χ2n) is 6.07. The molecule has 22 heavy (non-hydrogen) atoms. The first-order chi connectivity index (χ1) is 10.8. The maximum atomic E-state index is 12.7. The summed E-state index contributed by atoms with van der Waals surface area (Å²) in [6.07, 6.45) is 5.27. The minimum Gasteiger partial charge on any atom is -0.349 e. The summed E-state index contributed by atoms with van der Waals surface area (Å²) in [6, 6.07) is 8.50. The molecule has 3 heterocycles. The Labute approximate surface area is 128 Å². The second kappa shape index (κ2) is 5.25. The minimum absolute atomic E-state index is 0.0166. The van der Waals surface area contributed by atoms with Gasteiger partial charge in [0.2, 0.25) is 0 Å². The molecule has 0 spiro atoms. The van der Waals surface area contributed by atoms with Crippen molar-refractivity contribution in [3.8, 4) is 0 Å². The lowest BCUT2D eigenvalue weighted by Gasteiger charge is -2.23. The van der Waals surface area contributed by atoms with E-state index in [1.807, 2.05) is 24.3 Å². The standard InChI is InChI=1S/C17H20N4O/c1-2-12-6-5-9-20(12)11-21-10-18-15-13-7-3-4-8-14(13)19-16(15)17(21)22/h3-4,7-8,10,12,19H,2,5-6,9,11H2,1H3/t12-/m0/s1. The van der Waals surface area contributed by atoms with Gasteiger partial charge in [0.1, 0.15) is 11.0 Å². The van der Waals surface area contributed by atoms with E-state index < -0.39 is 0 Å². The third-order valence-corrected chi connectivity index (χ3v) is 4.78. The van der Waals surface area contributed by atoms with E-state index in [2.05, 4.69) is 21.8 Å². The van der Waals surface area contributed by atoms with Crippen molar-refractivity contribution in [2.75, 3.05) is 6.54 Å². The molecule has 1 atom stereocenters. The number of rotatable bonds is 3. The van der Waals surface area contributed by atoms with Crippen LogP contribution < -0.4 is 5.56 Å². The molecular weight excluding hydrogens is 276 g/mol. The number of hydrogen-bond donors (Lipinski definition) is 1. The van der Waals surface area contributed by atoms with Gasteiger partial charge in [0.15, 0.2) is 0 Å². The molecule has 0 aliphatic carbocycles. The lowest BCUT2D eigenvalue weighted by molar-refractivity contribution is 0.193. The molecule has 0 amide bonds.